The van der Waals surface area contributed by atoms with E-state index in [4.69, 9.17) is 25.6 Å². The van der Waals surface area contributed by atoms with E-state index in [-0.39, 0.29) is 12.5 Å². The summed E-state index contributed by atoms with van der Waals surface area (Å²) in [5, 5.41) is 4.67. The standard InChI is InChI=1S/C21H22ClN3O4/c1-25(20(26)11-8-14-6-4-5-7-17(14)22)13-19-23-21(24-29-19)16-10-9-15(27-2)12-18(16)28-3/h4-7,9-10,12H,8,11,13H2,1-3H3. The van der Waals surface area contributed by atoms with E-state index in [0.29, 0.717) is 46.6 Å². The molecular weight excluding hydrogens is 394 g/mol. The third-order valence-electron chi connectivity index (χ3n) is 4.48. The number of hydrogen-bond donors (Lipinski definition) is 0. The first kappa shape index (κ1) is 20.7. The molecule has 2 aromatic carbocycles. The SMILES string of the molecule is COc1ccc(-c2noc(CN(C)C(=O)CCc3ccccc3Cl)n2)c(OC)c1. The van der Waals surface area contributed by atoms with E-state index < -0.39 is 0 Å². The maximum Gasteiger partial charge on any atom is 0.246 e. The van der Waals surface area contributed by atoms with Crippen LogP contribution < -0.4 is 9.47 Å². The molecule has 0 saturated carbocycles. The Hall–Kier alpha value is -3.06. The van der Waals surface area contributed by atoms with Crippen LogP contribution in [0.3, 0.4) is 0 Å². The topological polar surface area (TPSA) is 77.7 Å². The number of aromatic nitrogens is 2. The van der Waals surface area contributed by atoms with Gasteiger partial charge in [0.1, 0.15) is 11.5 Å². The fraction of sp³-hybridized carbons (Fsp3) is 0.286. The Kier molecular flexibility index (Phi) is 6.72. The second-order valence-corrected chi connectivity index (χ2v) is 6.83. The largest absolute Gasteiger partial charge is 0.497 e. The third kappa shape index (κ3) is 5.06. The predicted molar refractivity (Wildman–Crippen MR) is 109 cm³/mol. The van der Waals surface area contributed by atoms with Crippen molar-refractivity contribution in [3.05, 3.63) is 58.9 Å². The minimum Gasteiger partial charge on any atom is -0.497 e. The van der Waals surface area contributed by atoms with Crippen molar-refractivity contribution in [3.63, 3.8) is 0 Å². The van der Waals surface area contributed by atoms with Crippen LogP contribution in [-0.2, 0) is 17.8 Å². The van der Waals surface area contributed by atoms with Gasteiger partial charge in [-0.05, 0) is 30.2 Å². The van der Waals surface area contributed by atoms with Gasteiger partial charge in [0.05, 0.1) is 26.3 Å². The quantitative estimate of drug-likeness (QED) is 0.553. The van der Waals surface area contributed by atoms with Crippen molar-refractivity contribution in [3.8, 4) is 22.9 Å². The normalized spacial score (nSPS) is 10.6. The molecule has 8 heteroatoms. The van der Waals surface area contributed by atoms with Gasteiger partial charge in [0.15, 0.2) is 0 Å². The number of nitrogens with zero attached hydrogens (tertiary/aromatic N) is 3. The van der Waals surface area contributed by atoms with Crippen LogP contribution in [0.1, 0.15) is 17.9 Å². The smallest absolute Gasteiger partial charge is 0.246 e. The molecule has 3 rings (SSSR count). The molecule has 0 aliphatic rings. The molecular formula is C21H22ClN3O4. The molecule has 152 valence electrons. The Morgan fingerprint density at radius 2 is 1.97 bits per heavy atom. The summed E-state index contributed by atoms with van der Waals surface area (Å²) in [4.78, 5) is 18.4. The van der Waals surface area contributed by atoms with E-state index in [9.17, 15) is 4.79 Å². The number of hydrogen-bond acceptors (Lipinski definition) is 6. The van der Waals surface area contributed by atoms with Gasteiger partial charge in [-0.3, -0.25) is 4.79 Å². The number of amides is 1. The predicted octanol–water partition coefficient (Wildman–Crippen LogP) is 4.00. The van der Waals surface area contributed by atoms with Gasteiger partial charge in [-0.15, -0.1) is 0 Å². The van der Waals surface area contributed by atoms with E-state index in [1.807, 2.05) is 24.3 Å². The van der Waals surface area contributed by atoms with Crippen LogP contribution in [0.4, 0.5) is 0 Å². The highest BCUT2D eigenvalue weighted by atomic mass is 35.5. The van der Waals surface area contributed by atoms with Gasteiger partial charge in [0, 0.05) is 24.6 Å². The lowest BCUT2D eigenvalue weighted by molar-refractivity contribution is -0.130. The molecule has 1 heterocycles. The van der Waals surface area contributed by atoms with Crippen LogP contribution in [0.15, 0.2) is 47.0 Å². The fourth-order valence-electron chi connectivity index (χ4n) is 2.84. The first-order valence-electron chi connectivity index (χ1n) is 9.04. The molecule has 1 amide bonds. The highest BCUT2D eigenvalue weighted by molar-refractivity contribution is 6.31. The molecule has 0 aliphatic carbocycles. The molecule has 3 aromatic rings. The highest BCUT2D eigenvalue weighted by Gasteiger charge is 2.17. The average Bonchev–Trinajstić information content (AvgIpc) is 3.20. The summed E-state index contributed by atoms with van der Waals surface area (Å²) in [5.74, 6) is 1.92. The number of ether oxygens (including phenoxy) is 2. The first-order valence-corrected chi connectivity index (χ1v) is 9.42. The Morgan fingerprint density at radius 1 is 1.17 bits per heavy atom. The molecule has 0 radical (unpaired) electrons. The molecule has 29 heavy (non-hydrogen) atoms. The van der Waals surface area contributed by atoms with Gasteiger partial charge in [-0.25, -0.2) is 0 Å². The van der Waals surface area contributed by atoms with Gasteiger partial charge >= 0.3 is 0 Å². The number of methoxy groups -OCH3 is 2. The first-order chi connectivity index (χ1) is 14.0. The zero-order chi connectivity index (χ0) is 20.8. The monoisotopic (exact) mass is 415 g/mol. The summed E-state index contributed by atoms with van der Waals surface area (Å²) in [6.45, 7) is 0.215. The maximum atomic E-state index is 12.4. The summed E-state index contributed by atoms with van der Waals surface area (Å²) in [6, 6.07) is 12.8. The molecule has 0 aliphatic heterocycles. The van der Waals surface area contributed by atoms with Crippen molar-refractivity contribution in [2.45, 2.75) is 19.4 Å². The number of halogens is 1. The summed E-state index contributed by atoms with van der Waals surface area (Å²) in [5.41, 5.74) is 1.62. The Bertz CT molecular complexity index is 990. The van der Waals surface area contributed by atoms with Crippen LogP contribution in [0.5, 0.6) is 11.5 Å². The minimum atomic E-state index is -0.0355. The van der Waals surface area contributed by atoms with Gasteiger partial charge in [-0.1, -0.05) is 35.0 Å². The van der Waals surface area contributed by atoms with Gasteiger partial charge in [0.2, 0.25) is 17.6 Å². The van der Waals surface area contributed by atoms with Gasteiger partial charge in [0.25, 0.3) is 0 Å². The molecule has 7 nitrogen and oxygen atoms in total. The lowest BCUT2D eigenvalue weighted by Crippen LogP contribution is -2.26. The third-order valence-corrected chi connectivity index (χ3v) is 4.85. The van der Waals surface area contributed by atoms with Crippen LogP contribution in [-0.4, -0.2) is 42.2 Å². The number of aryl methyl sites for hydroxylation is 1. The molecule has 0 atom stereocenters. The van der Waals surface area contributed by atoms with Crippen LogP contribution in [0.2, 0.25) is 5.02 Å². The molecule has 0 saturated heterocycles. The molecule has 0 unspecified atom stereocenters. The number of benzene rings is 2. The Labute approximate surface area is 174 Å². The summed E-state index contributed by atoms with van der Waals surface area (Å²) < 4.78 is 15.9. The maximum absolute atomic E-state index is 12.4. The molecule has 0 N–H and O–H groups in total. The van der Waals surface area contributed by atoms with Crippen molar-refractivity contribution in [1.29, 1.82) is 0 Å². The van der Waals surface area contributed by atoms with Crippen molar-refractivity contribution in [2.24, 2.45) is 0 Å². The van der Waals surface area contributed by atoms with Crippen LogP contribution in [0.25, 0.3) is 11.4 Å². The highest BCUT2D eigenvalue weighted by Crippen LogP contribution is 2.31. The van der Waals surface area contributed by atoms with E-state index in [1.165, 1.54) is 0 Å². The molecule has 0 spiro atoms. The fourth-order valence-corrected chi connectivity index (χ4v) is 3.07. The second kappa shape index (κ2) is 9.43. The van der Waals surface area contributed by atoms with Crippen LogP contribution in [0, 0.1) is 0 Å². The number of rotatable bonds is 8. The van der Waals surface area contributed by atoms with E-state index in [1.54, 1.807) is 44.4 Å². The van der Waals surface area contributed by atoms with Crippen molar-refractivity contribution in [1.82, 2.24) is 15.0 Å². The van der Waals surface area contributed by atoms with Crippen LogP contribution >= 0.6 is 11.6 Å². The van der Waals surface area contributed by atoms with Crippen molar-refractivity contribution >= 4 is 17.5 Å². The molecule has 1 aromatic heterocycles. The van der Waals surface area contributed by atoms with Gasteiger partial charge in [-0.2, -0.15) is 4.98 Å². The second-order valence-electron chi connectivity index (χ2n) is 6.42. The van der Waals surface area contributed by atoms with Crippen molar-refractivity contribution < 1.29 is 18.8 Å². The Morgan fingerprint density at radius 3 is 2.69 bits per heavy atom. The van der Waals surface area contributed by atoms with Gasteiger partial charge < -0.3 is 18.9 Å². The van der Waals surface area contributed by atoms with E-state index in [2.05, 4.69) is 10.1 Å². The van der Waals surface area contributed by atoms with Crippen molar-refractivity contribution in [2.75, 3.05) is 21.3 Å². The van der Waals surface area contributed by atoms with E-state index >= 15 is 0 Å². The zero-order valence-electron chi connectivity index (χ0n) is 16.5. The summed E-state index contributed by atoms with van der Waals surface area (Å²) >= 11 is 6.15. The number of carbonyl (C=O) groups is 1. The molecule has 0 bridgehead atoms. The lowest BCUT2D eigenvalue weighted by atomic mass is 10.1. The van der Waals surface area contributed by atoms with E-state index in [0.717, 1.165) is 5.56 Å². The lowest BCUT2D eigenvalue weighted by Gasteiger charge is -2.14. The molecule has 0 fully saturated rings. The number of carbonyl (C=O) groups excluding carboxylic acids is 1. The average molecular weight is 416 g/mol. The zero-order valence-corrected chi connectivity index (χ0v) is 17.3. The summed E-state index contributed by atoms with van der Waals surface area (Å²) in [6.07, 6.45) is 0.911. The summed E-state index contributed by atoms with van der Waals surface area (Å²) in [7, 11) is 4.84. The Balaban J connectivity index is 1.63. The minimum absolute atomic E-state index is 0.0355.